The second-order valence-corrected chi connectivity index (χ2v) is 5.86. The van der Waals surface area contributed by atoms with Gasteiger partial charge in [-0.3, -0.25) is 0 Å². The van der Waals surface area contributed by atoms with Crippen molar-refractivity contribution in [3.8, 4) is 0 Å². The zero-order valence-corrected chi connectivity index (χ0v) is 8.86. The maximum atomic E-state index is 11.1. The van der Waals surface area contributed by atoms with E-state index >= 15 is 0 Å². The predicted molar refractivity (Wildman–Crippen MR) is 52.8 cm³/mol. The Kier molecular flexibility index (Phi) is 3.32. The molecule has 78 valence electrons. The molecule has 0 aromatic rings. The molecule has 1 rings (SSSR count). The molecule has 0 aromatic carbocycles. The average Bonchev–Trinajstić information content (AvgIpc) is 2.84. The fourth-order valence-corrected chi connectivity index (χ4v) is 2.09. The van der Waals surface area contributed by atoms with Crippen molar-refractivity contribution >= 4 is 10.0 Å². The van der Waals surface area contributed by atoms with Crippen LogP contribution in [0.2, 0.25) is 0 Å². The summed E-state index contributed by atoms with van der Waals surface area (Å²) in [4.78, 5) is 0. The van der Waals surface area contributed by atoms with Gasteiger partial charge in [-0.25, -0.2) is 13.1 Å². The largest absolute Gasteiger partial charge is 0.330 e. The Labute approximate surface area is 79.9 Å². The number of sulfonamides is 1. The molecule has 1 fully saturated rings. The summed E-state index contributed by atoms with van der Waals surface area (Å²) in [6.07, 6.45) is 3.14. The minimum atomic E-state index is -3.02. The zero-order valence-electron chi connectivity index (χ0n) is 8.04. The SMILES string of the molecule is CCS(=O)(=O)NCC1(CCN)CC1. The molecule has 0 atom stereocenters. The van der Waals surface area contributed by atoms with Gasteiger partial charge in [0.1, 0.15) is 0 Å². The van der Waals surface area contributed by atoms with Crippen LogP contribution in [0.3, 0.4) is 0 Å². The van der Waals surface area contributed by atoms with Crippen LogP contribution in [0.1, 0.15) is 26.2 Å². The third-order valence-electron chi connectivity index (χ3n) is 2.68. The first-order valence-electron chi connectivity index (χ1n) is 4.71. The fraction of sp³-hybridized carbons (Fsp3) is 1.00. The molecule has 0 aliphatic heterocycles. The molecule has 1 saturated carbocycles. The minimum absolute atomic E-state index is 0.158. The molecule has 0 aromatic heterocycles. The van der Waals surface area contributed by atoms with Crippen molar-refractivity contribution in [1.29, 1.82) is 0 Å². The van der Waals surface area contributed by atoms with E-state index in [4.69, 9.17) is 5.73 Å². The van der Waals surface area contributed by atoms with Crippen molar-refractivity contribution in [2.75, 3.05) is 18.8 Å². The van der Waals surface area contributed by atoms with Gasteiger partial charge in [0.05, 0.1) is 5.75 Å². The molecular formula is C8H18N2O2S. The summed E-state index contributed by atoms with van der Waals surface area (Å²) >= 11 is 0. The van der Waals surface area contributed by atoms with Crippen molar-refractivity contribution in [3.63, 3.8) is 0 Å². The molecule has 5 heteroatoms. The van der Waals surface area contributed by atoms with Crippen LogP contribution in [0.15, 0.2) is 0 Å². The molecule has 0 saturated heterocycles. The van der Waals surface area contributed by atoms with Gasteiger partial charge in [0.2, 0.25) is 10.0 Å². The first kappa shape index (κ1) is 10.9. The first-order valence-corrected chi connectivity index (χ1v) is 6.36. The molecule has 0 heterocycles. The Morgan fingerprint density at radius 1 is 1.46 bits per heavy atom. The molecule has 0 spiro atoms. The highest BCUT2D eigenvalue weighted by Crippen LogP contribution is 2.47. The maximum absolute atomic E-state index is 11.1. The molecule has 1 aliphatic rings. The molecule has 3 N–H and O–H groups in total. The minimum Gasteiger partial charge on any atom is -0.330 e. The number of hydrogen-bond donors (Lipinski definition) is 2. The van der Waals surface area contributed by atoms with E-state index in [0.717, 1.165) is 19.3 Å². The summed E-state index contributed by atoms with van der Waals surface area (Å²) in [5.41, 5.74) is 5.64. The molecule has 13 heavy (non-hydrogen) atoms. The first-order chi connectivity index (χ1) is 6.04. The van der Waals surface area contributed by atoms with Crippen LogP contribution in [0, 0.1) is 5.41 Å². The van der Waals surface area contributed by atoms with Gasteiger partial charge < -0.3 is 5.73 Å². The van der Waals surface area contributed by atoms with Crippen LogP contribution >= 0.6 is 0 Å². The van der Waals surface area contributed by atoms with Crippen LogP contribution in [-0.2, 0) is 10.0 Å². The Morgan fingerprint density at radius 3 is 2.46 bits per heavy atom. The standard InChI is InChI=1S/C8H18N2O2S/c1-2-13(11,12)10-7-8(3-4-8)5-6-9/h10H,2-7,9H2,1H3. The van der Waals surface area contributed by atoms with E-state index in [1.807, 2.05) is 0 Å². The van der Waals surface area contributed by atoms with E-state index in [-0.39, 0.29) is 11.2 Å². The lowest BCUT2D eigenvalue weighted by Crippen LogP contribution is -2.32. The number of rotatable bonds is 6. The Balaban J connectivity index is 2.34. The Bertz CT molecular complexity index is 257. The second kappa shape index (κ2) is 3.94. The van der Waals surface area contributed by atoms with Crippen LogP contribution in [0.25, 0.3) is 0 Å². The van der Waals surface area contributed by atoms with E-state index in [1.165, 1.54) is 0 Å². The van der Waals surface area contributed by atoms with Crippen molar-refractivity contribution in [3.05, 3.63) is 0 Å². The zero-order chi connectivity index (χ0) is 9.95. The summed E-state index contributed by atoms with van der Waals surface area (Å²) in [5.74, 6) is 0.158. The van der Waals surface area contributed by atoms with Crippen molar-refractivity contribution < 1.29 is 8.42 Å². The van der Waals surface area contributed by atoms with Gasteiger partial charge in [0, 0.05) is 6.54 Å². The summed E-state index contributed by atoms with van der Waals surface area (Å²) in [6, 6.07) is 0. The molecule has 0 amide bonds. The Hall–Kier alpha value is -0.130. The summed E-state index contributed by atoms with van der Waals surface area (Å²) < 4.78 is 24.9. The highest BCUT2D eigenvalue weighted by molar-refractivity contribution is 7.89. The Morgan fingerprint density at radius 2 is 2.08 bits per heavy atom. The number of nitrogens with two attached hydrogens (primary N) is 1. The molecule has 4 nitrogen and oxygen atoms in total. The van der Waals surface area contributed by atoms with Crippen LogP contribution < -0.4 is 10.5 Å². The summed E-state index contributed by atoms with van der Waals surface area (Å²) in [7, 11) is -3.02. The van der Waals surface area contributed by atoms with Gasteiger partial charge in [0.15, 0.2) is 0 Å². The van der Waals surface area contributed by atoms with Crippen LogP contribution in [0.5, 0.6) is 0 Å². The average molecular weight is 206 g/mol. The van der Waals surface area contributed by atoms with Gasteiger partial charge >= 0.3 is 0 Å². The molecule has 1 aliphatic carbocycles. The van der Waals surface area contributed by atoms with E-state index in [1.54, 1.807) is 6.92 Å². The lowest BCUT2D eigenvalue weighted by molar-refractivity contribution is 0.461. The smallest absolute Gasteiger partial charge is 0.211 e. The quantitative estimate of drug-likeness (QED) is 0.645. The van der Waals surface area contributed by atoms with E-state index in [9.17, 15) is 8.42 Å². The topological polar surface area (TPSA) is 72.2 Å². The van der Waals surface area contributed by atoms with E-state index in [0.29, 0.717) is 13.1 Å². The third-order valence-corrected chi connectivity index (χ3v) is 4.02. The van der Waals surface area contributed by atoms with Crippen molar-refractivity contribution in [1.82, 2.24) is 4.72 Å². The molecule has 0 bridgehead atoms. The lowest BCUT2D eigenvalue weighted by Gasteiger charge is -2.14. The van der Waals surface area contributed by atoms with Gasteiger partial charge in [-0.2, -0.15) is 0 Å². The van der Waals surface area contributed by atoms with Gasteiger partial charge in [-0.15, -0.1) is 0 Å². The summed E-state index contributed by atoms with van der Waals surface area (Å²) in [6.45, 7) is 2.86. The van der Waals surface area contributed by atoms with Gasteiger partial charge in [-0.1, -0.05) is 0 Å². The number of hydrogen-bond acceptors (Lipinski definition) is 3. The number of nitrogens with one attached hydrogen (secondary N) is 1. The second-order valence-electron chi connectivity index (χ2n) is 3.76. The fourth-order valence-electron chi connectivity index (χ4n) is 1.36. The van der Waals surface area contributed by atoms with Crippen molar-refractivity contribution in [2.24, 2.45) is 11.1 Å². The normalized spacial score (nSPS) is 20.2. The van der Waals surface area contributed by atoms with Crippen LogP contribution in [-0.4, -0.2) is 27.3 Å². The highest BCUT2D eigenvalue weighted by Gasteiger charge is 2.41. The van der Waals surface area contributed by atoms with Gasteiger partial charge in [0.25, 0.3) is 0 Å². The predicted octanol–water partition coefficient (Wildman–Crippen LogP) is 0.0547. The molecule has 0 unspecified atom stereocenters. The van der Waals surface area contributed by atoms with Crippen molar-refractivity contribution in [2.45, 2.75) is 26.2 Å². The maximum Gasteiger partial charge on any atom is 0.211 e. The monoisotopic (exact) mass is 206 g/mol. The molecule has 0 radical (unpaired) electrons. The molecular weight excluding hydrogens is 188 g/mol. The van der Waals surface area contributed by atoms with E-state index in [2.05, 4.69) is 4.72 Å². The van der Waals surface area contributed by atoms with Crippen LogP contribution in [0.4, 0.5) is 0 Å². The summed E-state index contributed by atoms with van der Waals surface area (Å²) in [5, 5.41) is 0. The van der Waals surface area contributed by atoms with E-state index < -0.39 is 10.0 Å². The third kappa shape index (κ3) is 3.25. The van der Waals surface area contributed by atoms with Gasteiger partial charge in [-0.05, 0) is 38.1 Å². The highest BCUT2D eigenvalue weighted by atomic mass is 32.2. The lowest BCUT2D eigenvalue weighted by atomic mass is 10.0.